The van der Waals surface area contributed by atoms with Crippen LogP contribution in [0.15, 0.2) is 23.3 Å². The van der Waals surface area contributed by atoms with E-state index in [0.29, 0.717) is 16.7 Å². The van der Waals surface area contributed by atoms with Crippen LogP contribution in [0, 0.1) is 6.92 Å². The van der Waals surface area contributed by atoms with Crippen LogP contribution in [0.1, 0.15) is 16.2 Å². The number of thioether (sulfide) groups is 1. The highest BCUT2D eigenvalue weighted by Crippen LogP contribution is 2.33. The maximum atomic E-state index is 11.9. The van der Waals surface area contributed by atoms with E-state index in [4.69, 9.17) is 4.42 Å². The zero-order valence-corrected chi connectivity index (χ0v) is 13.4. The summed E-state index contributed by atoms with van der Waals surface area (Å²) in [7, 11) is 0. The molecular weight excluding hydrogens is 392 g/mol. The van der Waals surface area contributed by atoms with Gasteiger partial charge in [-0.15, -0.1) is 21.5 Å². The third-order valence-electron chi connectivity index (χ3n) is 1.79. The lowest BCUT2D eigenvalue weighted by Crippen LogP contribution is -2.01. The summed E-state index contributed by atoms with van der Waals surface area (Å²) in [6.45, 7) is 1.71. The molecule has 0 amide bonds. The average molecular weight is 398 g/mol. The monoisotopic (exact) mass is 396 g/mol. The Labute approximate surface area is 122 Å². The number of carbonyl (C=O) groups is 1. The summed E-state index contributed by atoms with van der Waals surface area (Å²) in [6, 6.07) is 1.80. The maximum Gasteiger partial charge on any atom is 0.277 e. The average Bonchev–Trinajstić information content (AvgIpc) is 2.81. The SMILES string of the molecule is Cc1nnc(SCC(=O)c2cc(Br)sc2Br)o1. The van der Waals surface area contributed by atoms with Crippen molar-refractivity contribution < 1.29 is 9.21 Å². The lowest BCUT2D eigenvalue weighted by atomic mass is 10.2. The first-order chi connectivity index (χ1) is 8.06. The molecule has 0 aliphatic rings. The van der Waals surface area contributed by atoms with Crippen molar-refractivity contribution in [2.75, 3.05) is 5.75 Å². The molecule has 0 unspecified atom stereocenters. The van der Waals surface area contributed by atoms with E-state index in [1.54, 1.807) is 13.0 Å². The fourth-order valence-corrected chi connectivity index (χ4v) is 4.62. The van der Waals surface area contributed by atoms with Crippen molar-refractivity contribution in [1.82, 2.24) is 10.2 Å². The van der Waals surface area contributed by atoms with Crippen LogP contribution in [0.3, 0.4) is 0 Å². The van der Waals surface area contributed by atoms with Crippen molar-refractivity contribution in [3.63, 3.8) is 0 Å². The number of rotatable bonds is 4. The number of carbonyl (C=O) groups excluding carboxylic acids is 1. The second-order valence-corrected chi connectivity index (χ2v) is 7.71. The second-order valence-electron chi connectivity index (χ2n) is 3.04. The molecule has 90 valence electrons. The Balaban J connectivity index is 2.00. The van der Waals surface area contributed by atoms with Gasteiger partial charge in [0.1, 0.15) is 0 Å². The van der Waals surface area contributed by atoms with Gasteiger partial charge >= 0.3 is 0 Å². The standard InChI is InChI=1S/C9H6Br2N2O2S2/c1-4-12-13-9(15-4)16-3-6(14)5-2-7(10)17-8(5)11/h2H,3H2,1H3. The Morgan fingerprint density at radius 2 is 2.29 bits per heavy atom. The van der Waals surface area contributed by atoms with Gasteiger partial charge in [-0.3, -0.25) is 4.79 Å². The molecule has 2 aromatic heterocycles. The van der Waals surface area contributed by atoms with E-state index in [1.165, 1.54) is 23.1 Å². The zero-order valence-electron chi connectivity index (χ0n) is 8.57. The lowest BCUT2D eigenvalue weighted by molar-refractivity contribution is 0.102. The summed E-state index contributed by atoms with van der Waals surface area (Å²) in [4.78, 5) is 11.9. The summed E-state index contributed by atoms with van der Waals surface area (Å²) >= 11 is 9.41. The molecule has 2 heterocycles. The van der Waals surface area contributed by atoms with Crippen LogP contribution in [0.4, 0.5) is 0 Å². The molecular formula is C9H6Br2N2O2S2. The Morgan fingerprint density at radius 1 is 1.53 bits per heavy atom. The molecule has 0 saturated heterocycles. The molecule has 17 heavy (non-hydrogen) atoms. The molecule has 0 N–H and O–H groups in total. The minimum absolute atomic E-state index is 0.0275. The predicted octanol–water partition coefficient (Wildman–Crippen LogP) is 3.94. The highest BCUT2D eigenvalue weighted by Gasteiger charge is 2.15. The molecule has 8 heteroatoms. The van der Waals surface area contributed by atoms with Crippen molar-refractivity contribution >= 4 is 60.7 Å². The number of Topliss-reactive ketones (excluding diaryl/α,β-unsaturated/α-hetero) is 1. The topological polar surface area (TPSA) is 56.0 Å². The van der Waals surface area contributed by atoms with Crippen LogP contribution >= 0.6 is 55.0 Å². The first kappa shape index (κ1) is 13.3. The van der Waals surface area contributed by atoms with Crippen molar-refractivity contribution in [3.8, 4) is 0 Å². The predicted molar refractivity (Wildman–Crippen MR) is 73.8 cm³/mol. The fourth-order valence-electron chi connectivity index (χ4n) is 1.07. The van der Waals surface area contributed by atoms with Gasteiger partial charge in [-0.1, -0.05) is 11.8 Å². The van der Waals surface area contributed by atoms with Gasteiger partial charge in [-0.05, 0) is 37.9 Å². The van der Waals surface area contributed by atoms with E-state index in [1.807, 2.05) is 0 Å². The van der Waals surface area contributed by atoms with Crippen molar-refractivity contribution in [3.05, 3.63) is 25.1 Å². The van der Waals surface area contributed by atoms with E-state index < -0.39 is 0 Å². The van der Waals surface area contributed by atoms with E-state index in [2.05, 4.69) is 42.1 Å². The van der Waals surface area contributed by atoms with E-state index >= 15 is 0 Å². The fraction of sp³-hybridized carbons (Fsp3) is 0.222. The summed E-state index contributed by atoms with van der Waals surface area (Å²) in [5.74, 6) is 0.808. The molecule has 0 radical (unpaired) electrons. The summed E-state index contributed by atoms with van der Waals surface area (Å²) in [5, 5.41) is 7.93. The van der Waals surface area contributed by atoms with Gasteiger partial charge in [-0.25, -0.2) is 0 Å². The molecule has 0 atom stereocenters. The van der Waals surface area contributed by atoms with Crippen LogP contribution in [0.5, 0.6) is 0 Å². The summed E-state index contributed by atoms with van der Waals surface area (Å²) in [6.07, 6.45) is 0. The highest BCUT2D eigenvalue weighted by molar-refractivity contribution is 9.12. The molecule has 0 fully saturated rings. The van der Waals surface area contributed by atoms with Crippen LogP contribution < -0.4 is 0 Å². The van der Waals surface area contributed by atoms with E-state index in [0.717, 1.165) is 7.57 Å². The number of hydrogen-bond donors (Lipinski definition) is 0. The lowest BCUT2D eigenvalue weighted by Gasteiger charge is -1.95. The number of thiophene rings is 1. The van der Waals surface area contributed by atoms with Crippen molar-refractivity contribution in [2.24, 2.45) is 0 Å². The van der Waals surface area contributed by atoms with Gasteiger partial charge in [0.05, 0.1) is 13.3 Å². The Morgan fingerprint density at radius 3 is 2.82 bits per heavy atom. The quantitative estimate of drug-likeness (QED) is 0.577. The molecule has 0 bridgehead atoms. The Hall–Kier alpha value is -0.180. The van der Waals surface area contributed by atoms with E-state index in [-0.39, 0.29) is 11.5 Å². The minimum Gasteiger partial charge on any atom is -0.416 e. The van der Waals surface area contributed by atoms with Crippen molar-refractivity contribution in [1.29, 1.82) is 0 Å². The van der Waals surface area contributed by atoms with Gasteiger partial charge in [0, 0.05) is 12.5 Å². The van der Waals surface area contributed by atoms with Crippen LogP contribution in [0.2, 0.25) is 0 Å². The van der Waals surface area contributed by atoms with Crippen LogP contribution in [-0.4, -0.2) is 21.7 Å². The largest absolute Gasteiger partial charge is 0.416 e. The molecule has 0 aliphatic carbocycles. The number of halogens is 2. The molecule has 0 aliphatic heterocycles. The Kier molecular flexibility index (Phi) is 4.40. The van der Waals surface area contributed by atoms with E-state index in [9.17, 15) is 4.79 Å². The zero-order chi connectivity index (χ0) is 12.4. The molecule has 4 nitrogen and oxygen atoms in total. The molecule has 0 spiro atoms. The normalized spacial score (nSPS) is 10.8. The number of nitrogens with zero attached hydrogens (tertiary/aromatic N) is 2. The van der Waals surface area contributed by atoms with Gasteiger partial charge in [0.15, 0.2) is 5.78 Å². The smallest absolute Gasteiger partial charge is 0.277 e. The molecule has 0 saturated carbocycles. The van der Waals surface area contributed by atoms with Gasteiger partial charge in [-0.2, -0.15) is 0 Å². The third-order valence-corrected chi connectivity index (χ3v) is 4.95. The van der Waals surface area contributed by atoms with Crippen molar-refractivity contribution in [2.45, 2.75) is 12.1 Å². The Bertz CT molecular complexity index is 553. The van der Waals surface area contributed by atoms with Gasteiger partial charge < -0.3 is 4.42 Å². The summed E-state index contributed by atoms with van der Waals surface area (Å²) < 4.78 is 6.93. The van der Waals surface area contributed by atoms with Crippen LogP contribution in [-0.2, 0) is 0 Å². The summed E-state index contributed by atoms with van der Waals surface area (Å²) in [5.41, 5.74) is 0.672. The van der Waals surface area contributed by atoms with Gasteiger partial charge in [0.25, 0.3) is 5.22 Å². The maximum absolute atomic E-state index is 11.9. The first-order valence-electron chi connectivity index (χ1n) is 4.47. The highest BCUT2D eigenvalue weighted by atomic mass is 79.9. The third kappa shape index (κ3) is 3.40. The number of ketones is 1. The van der Waals surface area contributed by atoms with Crippen LogP contribution in [0.25, 0.3) is 0 Å². The second kappa shape index (κ2) is 5.64. The number of hydrogen-bond acceptors (Lipinski definition) is 6. The molecule has 2 rings (SSSR count). The first-order valence-corrected chi connectivity index (χ1v) is 7.86. The van der Waals surface area contributed by atoms with Gasteiger partial charge in [0.2, 0.25) is 5.89 Å². The molecule has 0 aromatic carbocycles. The minimum atomic E-state index is 0.0275. The molecule has 2 aromatic rings. The number of aryl methyl sites for hydroxylation is 1. The number of aromatic nitrogens is 2.